The standard InChI is InChI=1S/C9H10O4S/c1-12-6-4-8(14)7(13-2)3-5(6)9(10)11/h3-4,14H,1-2H3,(H,10,11). The Labute approximate surface area is 86.9 Å². The molecule has 0 amide bonds. The zero-order valence-corrected chi connectivity index (χ0v) is 8.67. The first-order chi connectivity index (χ1) is 6.60. The summed E-state index contributed by atoms with van der Waals surface area (Å²) in [6.45, 7) is 0. The van der Waals surface area contributed by atoms with Crippen LogP contribution in [0.25, 0.3) is 0 Å². The van der Waals surface area contributed by atoms with Crippen molar-refractivity contribution in [2.24, 2.45) is 0 Å². The van der Waals surface area contributed by atoms with E-state index in [0.29, 0.717) is 10.6 Å². The Bertz CT molecular complexity index is 362. The summed E-state index contributed by atoms with van der Waals surface area (Å²) in [5, 5.41) is 8.85. The molecule has 4 nitrogen and oxygen atoms in total. The second-order valence-electron chi connectivity index (χ2n) is 2.53. The SMILES string of the molecule is COc1cc(C(=O)O)c(OC)cc1S. The number of carboxylic acids is 1. The first kappa shape index (κ1) is 10.7. The number of ether oxygens (including phenoxy) is 2. The number of hydrogen-bond acceptors (Lipinski definition) is 4. The van der Waals surface area contributed by atoms with Gasteiger partial charge in [0.05, 0.1) is 14.2 Å². The predicted octanol–water partition coefficient (Wildman–Crippen LogP) is 1.69. The third-order valence-corrected chi connectivity index (χ3v) is 2.08. The number of hydrogen-bond donors (Lipinski definition) is 2. The molecular formula is C9H10O4S. The second-order valence-corrected chi connectivity index (χ2v) is 3.01. The van der Waals surface area contributed by atoms with Crippen LogP contribution in [0.2, 0.25) is 0 Å². The number of methoxy groups -OCH3 is 2. The summed E-state index contributed by atoms with van der Waals surface area (Å²) < 4.78 is 9.84. The fourth-order valence-corrected chi connectivity index (χ4v) is 1.32. The Morgan fingerprint density at radius 1 is 1.29 bits per heavy atom. The molecule has 0 aromatic heterocycles. The first-order valence-electron chi connectivity index (χ1n) is 3.78. The maximum absolute atomic E-state index is 10.8. The maximum Gasteiger partial charge on any atom is 0.339 e. The average molecular weight is 214 g/mol. The van der Waals surface area contributed by atoms with Crippen molar-refractivity contribution in [3.63, 3.8) is 0 Å². The second kappa shape index (κ2) is 4.23. The molecule has 1 rings (SSSR count). The Hall–Kier alpha value is -1.36. The van der Waals surface area contributed by atoms with E-state index in [1.807, 2.05) is 0 Å². The molecule has 0 aliphatic heterocycles. The molecule has 0 saturated heterocycles. The molecule has 0 saturated carbocycles. The highest BCUT2D eigenvalue weighted by molar-refractivity contribution is 7.80. The van der Waals surface area contributed by atoms with Crippen LogP contribution in [0.3, 0.4) is 0 Å². The largest absolute Gasteiger partial charge is 0.496 e. The van der Waals surface area contributed by atoms with E-state index in [-0.39, 0.29) is 11.3 Å². The zero-order valence-electron chi connectivity index (χ0n) is 7.77. The Kier molecular flexibility index (Phi) is 3.24. The van der Waals surface area contributed by atoms with Gasteiger partial charge in [-0.2, -0.15) is 0 Å². The van der Waals surface area contributed by atoms with E-state index in [9.17, 15) is 4.79 Å². The van der Waals surface area contributed by atoms with Gasteiger partial charge >= 0.3 is 5.97 Å². The molecular weight excluding hydrogens is 204 g/mol. The van der Waals surface area contributed by atoms with Gasteiger partial charge in [0.25, 0.3) is 0 Å². The highest BCUT2D eigenvalue weighted by atomic mass is 32.1. The lowest BCUT2D eigenvalue weighted by Crippen LogP contribution is -2.01. The summed E-state index contributed by atoms with van der Waals surface area (Å²) in [7, 11) is 2.86. The lowest BCUT2D eigenvalue weighted by Gasteiger charge is -2.09. The fraction of sp³-hybridized carbons (Fsp3) is 0.222. The van der Waals surface area contributed by atoms with Crippen LogP contribution < -0.4 is 9.47 Å². The summed E-state index contributed by atoms with van der Waals surface area (Å²) in [6.07, 6.45) is 0. The molecule has 0 fully saturated rings. The summed E-state index contributed by atoms with van der Waals surface area (Å²) in [5.41, 5.74) is 0.0575. The van der Waals surface area contributed by atoms with E-state index in [0.717, 1.165) is 0 Å². The smallest absolute Gasteiger partial charge is 0.339 e. The molecule has 0 aliphatic carbocycles. The number of aromatic carboxylic acids is 1. The van der Waals surface area contributed by atoms with E-state index in [1.165, 1.54) is 26.4 Å². The van der Waals surface area contributed by atoms with E-state index in [2.05, 4.69) is 12.6 Å². The normalized spacial score (nSPS) is 9.64. The molecule has 1 N–H and O–H groups in total. The molecule has 0 unspecified atom stereocenters. The van der Waals surface area contributed by atoms with Crippen LogP contribution in [0.4, 0.5) is 0 Å². The molecule has 76 valence electrons. The minimum Gasteiger partial charge on any atom is -0.496 e. The number of carboxylic acid groups (broad SMARTS) is 1. The Balaban J connectivity index is 3.32. The maximum atomic E-state index is 10.8. The molecule has 0 radical (unpaired) electrons. The quantitative estimate of drug-likeness (QED) is 0.752. The monoisotopic (exact) mass is 214 g/mol. The molecule has 0 spiro atoms. The van der Waals surface area contributed by atoms with Crippen LogP contribution in [0, 0.1) is 0 Å². The average Bonchev–Trinajstić information content (AvgIpc) is 2.16. The molecule has 14 heavy (non-hydrogen) atoms. The molecule has 1 aromatic carbocycles. The van der Waals surface area contributed by atoms with Gasteiger partial charge in [-0.25, -0.2) is 4.79 Å². The fourth-order valence-electron chi connectivity index (χ4n) is 1.05. The van der Waals surface area contributed by atoms with Gasteiger partial charge in [0, 0.05) is 4.90 Å². The lowest BCUT2D eigenvalue weighted by molar-refractivity contribution is 0.0692. The van der Waals surface area contributed by atoms with Crippen molar-refractivity contribution in [1.82, 2.24) is 0 Å². The molecule has 0 aliphatic rings. The van der Waals surface area contributed by atoms with Gasteiger partial charge in [0.2, 0.25) is 0 Å². The minimum absolute atomic E-state index is 0.0575. The summed E-state index contributed by atoms with van der Waals surface area (Å²) in [4.78, 5) is 11.3. The van der Waals surface area contributed by atoms with Crippen LogP contribution in [0.5, 0.6) is 11.5 Å². The molecule has 5 heteroatoms. The third-order valence-electron chi connectivity index (χ3n) is 1.73. The molecule has 0 bridgehead atoms. The van der Waals surface area contributed by atoms with Crippen molar-refractivity contribution < 1.29 is 19.4 Å². The van der Waals surface area contributed by atoms with Gasteiger partial charge < -0.3 is 14.6 Å². The topological polar surface area (TPSA) is 55.8 Å². The highest BCUT2D eigenvalue weighted by Gasteiger charge is 2.14. The highest BCUT2D eigenvalue weighted by Crippen LogP contribution is 2.30. The minimum atomic E-state index is -1.06. The summed E-state index contributed by atoms with van der Waals surface area (Å²) >= 11 is 4.12. The van der Waals surface area contributed by atoms with Gasteiger partial charge in [0.15, 0.2) is 0 Å². The van der Waals surface area contributed by atoms with Crippen LogP contribution >= 0.6 is 12.6 Å². The van der Waals surface area contributed by atoms with Crippen LogP contribution in [-0.4, -0.2) is 25.3 Å². The molecule has 1 aromatic rings. The number of carbonyl (C=O) groups is 1. The zero-order chi connectivity index (χ0) is 10.7. The van der Waals surface area contributed by atoms with Crippen molar-refractivity contribution in [3.8, 4) is 11.5 Å². The van der Waals surface area contributed by atoms with Crippen LogP contribution in [0.1, 0.15) is 10.4 Å². The molecule has 0 heterocycles. The van der Waals surface area contributed by atoms with Gasteiger partial charge in [0.1, 0.15) is 17.1 Å². The van der Waals surface area contributed by atoms with E-state index in [4.69, 9.17) is 14.6 Å². The van der Waals surface area contributed by atoms with Crippen molar-refractivity contribution in [2.45, 2.75) is 4.90 Å². The Morgan fingerprint density at radius 3 is 2.29 bits per heavy atom. The van der Waals surface area contributed by atoms with Crippen LogP contribution in [0.15, 0.2) is 17.0 Å². The van der Waals surface area contributed by atoms with Crippen molar-refractivity contribution in [3.05, 3.63) is 17.7 Å². The van der Waals surface area contributed by atoms with Gasteiger partial charge in [-0.1, -0.05) is 0 Å². The summed E-state index contributed by atoms with van der Waals surface area (Å²) in [6, 6.07) is 2.88. The van der Waals surface area contributed by atoms with Gasteiger partial charge in [-0.15, -0.1) is 12.6 Å². The van der Waals surface area contributed by atoms with Crippen molar-refractivity contribution in [2.75, 3.05) is 14.2 Å². The van der Waals surface area contributed by atoms with Gasteiger partial charge in [-0.3, -0.25) is 0 Å². The number of rotatable bonds is 3. The van der Waals surface area contributed by atoms with Crippen molar-refractivity contribution >= 4 is 18.6 Å². The number of thiol groups is 1. The van der Waals surface area contributed by atoms with Crippen molar-refractivity contribution in [1.29, 1.82) is 0 Å². The van der Waals surface area contributed by atoms with E-state index >= 15 is 0 Å². The van der Waals surface area contributed by atoms with Crippen LogP contribution in [-0.2, 0) is 0 Å². The Morgan fingerprint density at radius 2 is 1.86 bits per heavy atom. The first-order valence-corrected chi connectivity index (χ1v) is 4.23. The lowest BCUT2D eigenvalue weighted by atomic mass is 10.2. The third kappa shape index (κ3) is 1.93. The van der Waals surface area contributed by atoms with Gasteiger partial charge in [-0.05, 0) is 12.1 Å². The predicted molar refractivity (Wildman–Crippen MR) is 53.8 cm³/mol. The molecule has 0 atom stereocenters. The summed E-state index contributed by atoms with van der Waals surface area (Å²) in [5.74, 6) is -0.386. The van der Waals surface area contributed by atoms with E-state index < -0.39 is 5.97 Å². The van der Waals surface area contributed by atoms with E-state index in [1.54, 1.807) is 0 Å². The number of benzene rings is 1.